The standard InChI is InChI=1S/C12H14N2O2/c1-8-9(2)13-14(12(8)15)10-5-4-6-11(7-10)16-3/h4-7,13H,1-3H3. The molecule has 0 aliphatic carbocycles. The maximum absolute atomic E-state index is 11.9. The van der Waals surface area contributed by atoms with E-state index < -0.39 is 0 Å². The number of aromatic nitrogens is 2. The van der Waals surface area contributed by atoms with Gasteiger partial charge in [0.2, 0.25) is 0 Å². The molecule has 0 saturated carbocycles. The highest BCUT2D eigenvalue weighted by molar-refractivity contribution is 5.39. The number of hydrogen-bond donors (Lipinski definition) is 1. The Balaban J connectivity index is 2.58. The van der Waals surface area contributed by atoms with Crippen molar-refractivity contribution in [1.82, 2.24) is 9.78 Å². The fourth-order valence-electron chi connectivity index (χ4n) is 1.56. The van der Waals surface area contributed by atoms with Crippen molar-refractivity contribution < 1.29 is 4.74 Å². The van der Waals surface area contributed by atoms with Crippen molar-refractivity contribution in [3.8, 4) is 11.4 Å². The fourth-order valence-corrected chi connectivity index (χ4v) is 1.56. The number of methoxy groups -OCH3 is 1. The third-order valence-electron chi connectivity index (χ3n) is 2.68. The van der Waals surface area contributed by atoms with Crippen LogP contribution < -0.4 is 10.3 Å². The van der Waals surface area contributed by atoms with E-state index in [4.69, 9.17) is 4.74 Å². The Kier molecular flexibility index (Phi) is 2.56. The molecule has 0 bridgehead atoms. The van der Waals surface area contributed by atoms with Gasteiger partial charge in [-0.25, -0.2) is 4.68 Å². The summed E-state index contributed by atoms with van der Waals surface area (Å²) in [6.07, 6.45) is 0. The SMILES string of the molecule is COc1cccc(-n2[nH]c(C)c(C)c2=O)c1. The molecule has 2 aromatic rings. The first kappa shape index (κ1) is 10.5. The maximum Gasteiger partial charge on any atom is 0.274 e. The topological polar surface area (TPSA) is 47.0 Å². The lowest BCUT2D eigenvalue weighted by molar-refractivity contribution is 0.414. The maximum atomic E-state index is 11.9. The van der Waals surface area contributed by atoms with E-state index in [1.54, 1.807) is 7.11 Å². The van der Waals surface area contributed by atoms with Gasteiger partial charge in [0, 0.05) is 17.3 Å². The molecule has 0 fully saturated rings. The lowest BCUT2D eigenvalue weighted by atomic mass is 10.3. The average molecular weight is 218 g/mol. The minimum absolute atomic E-state index is 0.0225. The van der Waals surface area contributed by atoms with Gasteiger partial charge in [0.05, 0.1) is 12.8 Å². The normalized spacial score (nSPS) is 10.4. The van der Waals surface area contributed by atoms with Gasteiger partial charge >= 0.3 is 0 Å². The van der Waals surface area contributed by atoms with E-state index in [0.717, 1.165) is 22.7 Å². The number of hydrogen-bond acceptors (Lipinski definition) is 2. The second kappa shape index (κ2) is 3.89. The smallest absolute Gasteiger partial charge is 0.274 e. The Morgan fingerprint density at radius 2 is 2.06 bits per heavy atom. The molecular weight excluding hydrogens is 204 g/mol. The van der Waals surface area contributed by atoms with Crippen LogP contribution in [0.3, 0.4) is 0 Å². The Bertz CT molecular complexity index is 567. The van der Waals surface area contributed by atoms with E-state index in [2.05, 4.69) is 5.10 Å². The van der Waals surface area contributed by atoms with Gasteiger partial charge in [-0.1, -0.05) is 6.07 Å². The van der Waals surface area contributed by atoms with Crippen molar-refractivity contribution in [2.75, 3.05) is 7.11 Å². The number of nitrogens with one attached hydrogen (secondary N) is 1. The highest BCUT2D eigenvalue weighted by Gasteiger charge is 2.08. The van der Waals surface area contributed by atoms with Crippen LogP contribution in [0.1, 0.15) is 11.3 Å². The molecule has 4 nitrogen and oxygen atoms in total. The molecule has 0 radical (unpaired) electrons. The van der Waals surface area contributed by atoms with E-state index in [0.29, 0.717) is 0 Å². The Morgan fingerprint density at radius 1 is 1.31 bits per heavy atom. The first-order valence-corrected chi connectivity index (χ1v) is 5.06. The first-order chi connectivity index (χ1) is 7.63. The second-order valence-electron chi connectivity index (χ2n) is 3.70. The third-order valence-corrected chi connectivity index (χ3v) is 2.68. The van der Waals surface area contributed by atoms with E-state index in [-0.39, 0.29) is 5.56 Å². The van der Waals surface area contributed by atoms with Crippen LogP contribution >= 0.6 is 0 Å². The molecule has 1 aromatic carbocycles. The monoisotopic (exact) mass is 218 g/mol. The third kappa shape index (κ3) is 1.62. The molecule has 0 spiro atoms. The molecule has 16 heavy (non-hydrogen) atoms. The number of aryl methyl sites for hydroxylation is 1. The van der Waals surface area contributed by atoms with Crippen molar-refractivity contribution in [3.05, 3.63) is 45.9 Å². The molecule has 4 heteroatoms. The van der Waals surface area contributed by atoms with Crippen LogP contribution in [0.4, 0.5) is 0 Å². The summed E-state index contributed by atoms with van der Waals surface area (Å²) < 4.78 is 6.64. The Labute approximate surface area is 93.5 Å². The van der Waals surface area contributed by atoms with Gasteiger partial charge in [-0.3, -0.25) is 9.89 Å². The summed E-state index contributed by atoms with van der Waals surface area (Å²) in [5.41, 5.74) is 2.38. The largest absolute Gasteiger partial charge is 0.497 e. The molecule has 0 saturated heterocycles. The minimum Gasteiger partial charge on any atom is -0.497 e. The quantitative estimate of drug-likeness (QED) is 0.835. The van der Waals surface area contributed by atoms with Crippen LogP contribution in [0.2, 0.25) is 0 Å². The summed E-state index contributed by atoms with van der Waals surface area (Å²) in [5, 5.41) is 3.03. The molecule has 84 valence electrons. The van der Waals surface area contributed by atoms with Crippen LogP contribution in [-0.2, 0) is 0 Å². The summed E-state index contributed by atoms with van der Waals surface area (Å²) in [6.45, 7) is 3.69. The summed E-state index contributed by atoms with van der Waals surface area (Å²) in [6, 6.07) is 7.37. The van der Waals surface area contributed by atoms with Crippen LogP contribution in [0.25, 0.3) is 5.69 Å². The Morgan fingerprint density at radius 3 is 2.62 bits per heavy atom. The highest BCUT2D eigenvalue weighted by Crippen LogP contribution is 2.15. The number of aromatic amines is 1. The van der Waals surface area contributed by atoms with Gasteiger partial charge in [-0.15, -0.1) is 0 Å². The molecule has 2 rings (SSSR count). The summed E-state index contributed by atoms with van der Waals surface area (Å²) in [4.78, 5) is 11.9. The number of nitrogens with zero attached hydrogens (tertiary/aromatic N) is 1. The van der Waals surface area contributed by atoms with Crippen LogP contribution in [-0.4, -0.2) is 16.9 Å². The van der Waals surface area contributed by atoms with Gasteiger partial charge in [-0.05, 0) is 26.0 Å². The predicted molar refractivity (Wildman–Crippen MR) is 62.4 cm³/mol. The second-order valence-corrected chi connectivity index (χ2v) is 3.70. The number of rotatable bonds is 2. The zero-order valence-corrected chi connectivity index (χ0v) is 9.57. The fraction of sp³-hybridized carbons (Fsp3) is 0.250. The molecule has 1 heterocycles. The van der Waals surface area contributed by atoms with Crippen molar-refractivity contribution in [2.24, 2.45) is 0 Å². The van der Waals surface area contributed by atoms with Crippen molar-refractivity contribution in [1.29, 1.82) is 0 Å². The molecule has 0 aliphatic rings. The summed E-state index contributed by atoms with van der Waals surface area (Å²) in [7, 11) is 1.60. The van der Waals surface area contributed by atoms with Gasteiger partial charge < -0.3 is 4.74 Å². The number of ether oxygens (including phenoxy) is 1. The zero-order chi connectivity index (χ0) is 11.7. The van der Waals surface area contributed by atoms with Gasteiger partial charge in [0.15, 0.2) is 0 Å². The van der Waals surface area contributed by atoms with Gasteiger partial charge in [0.1, 0.15) is 5.75 Å². The van der Waals surface area contributed by atoms with E-state index in [9.17, 15) is 4.79 Å². The van der Waals surface area contributed by atoms with Crippen LogP contribution in [0.15, 0.2) is 29.1 Å². The van der Waals surface area contributed by atoms with Crippen LogP contribution in [0.5, 0.6) is 5.75 Å². The van der Waals surface area contributed by atoms with E-state index >= 15 is 0 Å². The highest BCUT2D eigenvalue weighted by atomic mass is 16.5. The molecule has 1 N–H and O–H groups in total. The predicted octanol–water partition coefficient (Wildman–Crippen LogP) is 1.79. The zero-order valence-electron chi connectivity index (χ0n) is 9.57. The lowest BCUT2D eigenvalue weighted by Crippen LogP contribution is -2.15. The van der Waals surface area contributed by atoms with Gasteiger partial charge in [-0.2, -0.15) is 0 Å². The molecule has 0 aliphatic heterocycles. The molecule has 0 unspecified atom stereocenters. The van der Waals surface area contributed by atoms with Gasteiger partial charge in [0.25, 0.3) is 5.56 Å². The molecule has 0 amide bonds. The minimum atomic E-state index is -0.0225. The molecular formula is C12H14N2O2. The lowest BCUT2D eigenvalue weighted by Gasteiger charge is -2.04. The van der Waals surface area contributed by atoms with Crippen LogP contribution in [0, 0.1) is 13.8 Å². The molecule has 0 atom stereocenters. The average Bonchev–Trinajstić information content (AvgIpc) is 2.57. The van der Waals surface area contributed by atoms with Crippen molar-refractivity contribution >= 4 is 0 Å². The molecule has 1 aromatic heterocycles. The van der Waals surface area contributed by atoms with E-state index in [1.165, 1.54) is 4.68 Å². The first-order valence-electron chi connectivity index (χ1n) is 5.06. The number of H-pyrrole nitrogens is 1. The number of benzene rings is 1. The van der Waals surface area contributed by atoms with Crippen molar-refractivity contribution in [2.45, 2.75) is 13.8 Å². The van der Waals surface area contributed by atoms with Crippen molar-refractivity contribution in [3.63, 3.8) is 0 Å². The Hall–Kier alpha value is -1.97. The van der Waals surface area contributed by atoms with E-state index in [1.807, 2.05) is 38.1 Å². The summed E-state index contributed by atoms with van der Waals surface area (Å²) in [5.74, 6) is 0.731. The summed E-state index contributed by atoms with van der Waals surface area (Å²) >= 11 is 0.